The Balaban J connectivity index is 2.90. The number of nitrogens with one attached hydrogen (secondary N) is 1. The molecular weight excluding hydrogens is 190 g/mol. The molecule has 13 heavy (non-hydrogen) atoms. The molecule has 0 aliphatic carbocycles. The molecule has 5 heteroatoms. The number of likely N-dealkylation sites (N-methyl/N-ethyl adjacent to an activating group) is 1. The average molecular weight is 200 g/mol. The van der Waals surface area contributed by atoms with Crippen LogP contribution in [0, 0.1) is 6.92 Å². The summed E-state index contributed by atoms with van der Waals surface area (Å²) >= 11 is 5.66. The molecule has 0 saturated heterocycles. The maximum absolute atomic E-state index is 11.3. The molecule has 1 heterocycles. The number of hydrogen-bond acceptors (Lipinski definition) is 4. The number of nitrogens with zero attached hydrogens (tertiary/aromatic N) is 2. The third-order valence-corrected chi connectivity index (χ3v) is 1.88. The fourth-order valence-corrected chi connectivity index (χ4v) is 0.943. The number of aromatic nitrogens is 2. The summed E-state index contributed by atoms with van der Waals surface area (Å²) in [6.45, 7) is 1.97. The van der Waals surface area contributed by atoms with Crippen molar-refractivity contribution in [3.63, 3.8) is 0 Å². The number of aryl methyl sites for hydroxylation is 1. The van der Waals surface area contributed by atoms with Crippen LogP contribution in [0.4, 0.5) is 0 Å². The number of ketones is 1. The molecule has 0 bridgehead atoms. The van der Waals surface area contributed by atoms with E-state index in [0.29, 0.717) is 16.5 Å². The Bertz CT molecular complexity index is 327. The van der Waals surface area contributed by atoms with E-state index in [0.717, 1.165) is 0 Å². The molecule has 4 nitrogen and oxygen atoms in total. The summed E-state index contributed by atoms with van der Waals surface area (Å²) in [5.41, 5.74) is 0.917. The van der Waals surface area contributed by atoms with E-state index in [1.807, 2.05) is 0 Å². The van der Waals surface area contributed by atoms with Crippen molar-refractivity contribution in [1.82, 2.24) is 15.3 Å². The molecule has 0 saturated carbocycles. The number of rotatable bonds is 3. The van der Waals surface area contributed by atoms with Crippen LogP contribution in [0.2, 0.25) is 5.15 Å². The Morgan fingerprint density at radius 1 is 1.69 bits per heavy atom. The number of halogens is 1. The summed E-state index contributed by atoms with van der Waals surface area (Å²) in [7, 11) is 1.70. The predicted molar refractivity (Wildman–Crippen MR) is 50.0 cm³/mol. The van der Waals surface area contributed by atoms with Crippen LogP contribution in [0.25, 0.3) is 0 Å². The van der Waals surface area contributed by atoms with Crippen molar-refractivity contribution in [2.45, 2.75) is 6.92 Å². The highest BCUT2D eigenvalue weighted by molar-refractivity contribution is 6.30. The van der Waals surface area contributed by atoms with Gasteiger partial charge in [0.05, 0.1) is 18.4 Å². The molecule has 0 aliphatic rings. The molecule has 0 spiro atoms. The van der Waals surface area contributed by atoms with Crippen molar-refractivity contribution >= 4 is 17.4 Å². The summed E-state index contributed by atoms with van der Waals surface area (Å²) in [6.07, 6.45) is 1.38. The first-order valence-corrected chi connectivity index (χ1v) is 4.20. The summed E-state index contributed by atoms with van der Waals surface area (Å²) in [5, 5.41) is 3.08. The van der Waals surface area contributed by atoms with Gasteiger partial charge in [-0.15, -0.1) is 0 Å². The molecule has 0 aliphatic heterocycles. The molecule has 1 rings (SSSR count). The lowest BCUT2D eigenvalue weighted by Gasteiger charge is -2.00. The molecule has 0 atom stereocenters. The number of Topliss-reactive ketones (excluding diaryl/α,β-unsaturated/α-hetero) is 1. The van der Waals surface area contributed by atoms with Crippen LogP contribution in [-0.4, -0.2) is 29.3 Å². The summed E-state index contributed by atoms with van der Waals surface area (Å²) in [5.74, 6) is -0.0882. The maximum Gasteiger partial charge on any atom is 0.196 e. The monoisotopic (exact) mass is 199 g/mol. The molecule has 1 aromatic heterocycles. The Labute approximate surface area is 81.3 Å². The van der Waals surface area contributed by atoms with Crippen molar-refractivity contribution in [3.8, 4) is 0 Å². The van der Waals surface area contributed by atoms with E-state index in [4.69, 9.17) is 11.6 Å². The zero-order chi connectivity index (χ0) is 9.84. The average Bonchev–Trinajstić information content (AvgIpc) is 2.10. The van der Waals surface area contributed by atoms with E-state index < -0.39 is 0 Å². The van der Waals surface area contributed by atoms with E-state index in [1.165, 1.54) is 6.20 Å². The quantitative estimate of drug-likeness (QED) is 0.734. The lowest BCUT2D eigenvalue weighted by molar-refractivity contribution is 0.0988. The minimum absolute atomic E-state index is 0.0882. The number of carbonyl (C=O) groups is 1. The van der Waals surface area contributed by atoms with Crippen molar-refractivity contribution in [1.29, 1.82) is 0 Å². The molecule has 70 valence electrons. The summed E-state index contributed by atoms with van der Waals surface area (Å²) in [4.78, 5) is 19.1. The lowest BCUT2D eigenvalue weighted by Crippen LogP contribution is -2.20. The van der Waals surface area contributed by atoms with Crippen LogP contribution in [0.1, 0.15) is 16.2 Å². The standard InChI is InChI=1S/C8H10ClN3O/c1-5-8(9)11-3-6(12-5)7(13)4-10-2/h3,10H,4H2,1-2H3. The van der Waals surface area contributed by atoms with Gasteiger partial charge >= 0.3 is 0 Å². The van der Waals surface area contributed by atoms with Crippen molar-refractivity contribution in [2.24, 2.45) is 0 Å². The highest BCUT2D eigenvalue weighted by Crippen LogP contribution is 2.08. The summed E-state index contributed by atoms with van der Waals surface area (Å²) < 4.78 is 0. The molecule has 0 amide bonds. The zero-order valence-corrected chi connectivity index (χ0v) is 8.22. The van der Waals surface area contributed by atoms with Gasteiger partial charge in [-0.3, -0.25) is 4.79 Å². The second kappa shape index (κ2) is 4.30. The van der Waals surface area contributed by atoms with E-state index in [2.05, 4.69) is 15.3 Å². The molecule has 0 fully saturated rings. The fraction of sp³-hybridized carbons (Fsp3) is 0.375. The second-order valence-corrected chi connectivity index (χ2v) is 2.94. The minimum Gasteiger partial charge on any atom is -0.313 e. The van der Waals surface area contributed by atoms with Gasteiger partial charge in [0.15, 0.2) is 5.78 Å². The molecule has 0 radical (unpaired) electrons. The van der Waals surface area contributed by atoms with E-state index >= 15 is 0 Å². The van der Waals surface area contributed by atoms with Gasteiger partial charge in [-0.25, -0.2) is 9.97 Å². The Morgan fingerprint density at radius 3 is 2.92 bits per heavy atom. The van der Waals surface area contributed by atoms with Gasteiger partial charge in [0, 0.05) is 0 Å². The first-order valence-electron chi connectivity index (χ1n) is 3.82. The molecule has 0 aromatic carbocycles. The third-order valence-electron chi connectivity index (χ3n) is 1.51. The lowest BCUT2D eigenvalue weighted by atomic mass is 10.3. The largest absolute Gasteiger partial charge is 0.313 e. The van der Waals surface area contributed by atoms with Crippen molar-refractivity contribution in [2.75, 3.05) is 13.6 Å². The highest BCUT2D eigenvalue weighted by Gasteiger charge is 2.08. The number of hydrogen-bond donors (Lipinski definition) is 1. The normalized spacial score (nSPS) is 10.1. The zero-order valence-electron chi connectivity index (χ0n) is 7.47. The molecule has 1 N–H and O–H groups in total. The van der Waals surface area contributed by atoms with Gasteiger partial charge in [-0.2, -0.15) is 0 Å². The minimum atomic E-state index is -0.0882. The fourth-order valence-electron chi connectivity index (χ4n) is 0.852. The third kappa shape index (κ3) is 2.47. The van der Waals surface area contributed by atoms with E-state index in [-0.39, 0.29) is 12.3 Å². The first kappa shape index (κ1) is 10.1. The van der Waals surface area contributed by atoms with E-state index in [1.54, 1.807) is 14.0 Å². The number of carbonyl (C=O) groups excluding carboxylic acids is 1. The van der Waals surface area contributed by atoms with Gasteiger partial charge in [0.25, 0.3) is 0 Å². The SMILES string of the molecule is CNCC(=O)c1cnc(Cl)c(C)n1. The van der Waals surface area contributed by atoms with Gasteiger partial charge in [0.2, 0.25) is 0 Å². The first-order chi connectivity index (χ1) is 6.15. The van der Waals surface area contributed by atoms with Crippen LogP contribution >= 0.6 is 11.6 Å². The Kier molecular flexibility index (Phi) is 3.33. The summed E-state index contributed by atoms with van der Waals surface area (Å²) in [6, 6.07) is 0. The van der Waals surface area contributed by atoms with E-state index in [9.17, 15) is 4.79 Å². The maximum atomic E-state index is 11.3. The van der Waals surface area contributed by atoms with Gasteiger partial charge in [-0.05, 0) is 14.0 Å². The topological polar surface area (TPSA) is 54.9 Å². The molecular formula is C8H10ClN3O. The van der Waals surface area contributed by atoms with Gasteiger partial charge < -0.3 is 5.32 Å². The molecule has 0 unspecified atom stereocenters. The van der Waals surface area contributed by atoms with Crippen LogP contribution < -0.4 is 5.32 Å². The smallest absolute Gasteiger partial charge is 0.196 e. The van der Waals surface area contributed by atoms with Crippen LogP contribution in [-0.2, 0) is 0 Å². The van der Waals surface area contributed by atoms with Gasteiger partial charge in [-0.1, -0.05) is 11.6 Å². The predicted octanol–water partition coefficient (Wildman–Crippen LogP) is 0.841. The van der Waals surface area contributed by atoms with Crippen LogP contribution in [0.5, 0.6) is 0 Å². The van der Waals surface area contributed by atoms with Gasteiger partial charge in [0.1, 0.15) is 10.8 Å². The Morgan fingerprint density at radius 2 is 2.38 bits per heavy atom. The van der Waals surface area contributed by atoms with Crippen molar-refractivity contribution < 1.29 is 4.79 Å². The van der Waals surface area contributed by atoms with Crippen molar-refractivity contribution in [3.05, 3.63) is 22.7 Å². The second-order valence-electron chi connectivity index (χ2n) is 2.58. The Hall–Kier alpha value is -1.00. The molecule has 1 aromatic rings. The highest BCUT2D eigenvalue weighted by atomic mass is 35.5. The van der Waals surface area contributed by atoms with Crippen LogP contribution in [0.15, 0.2) is 6.20 Å². The van der Waals surface area contributed by atoms with Crippen LogP contribution in [0.3, 0.4) is 0 Å².